The van der Waals surface area contributed by atoms with E-state index in [1.165, 1.54) is 0 Å². The van der Waals surface area contributed by atoms with Gasteiger partial charge in [-0.05, 0) is 48.9 Å². The van der Waals surface area contributed by atoms with Gasteiger partial charge in [0.2, 0.25) is 5.91 Å². The molecular formula is C26H29N3O4. The predicted octanol–water partition coefficient (Wildman–Crippen LogP) is 4.33. The Labute approximate surface area is 194 Å². The molecule has 0 saturated heterocycles. The largest absolute Gasteiger partial charge is 0.490 e. The Bertz CT molecular complexity index is 1040. The second-order valence-corrected chi connectivity index (χ2v) is 7.28. The van der Waals surface area contributed by atoms with Gasteiger partial charge in [0, 0.05) is 29.5 Å². The van der Waals surface area contributed by atoms with Gasteiger partial charge in [0.1, 0.15) is 24.7 Å². The molecular weight excluding hydrogens is 418 g/mol. The third-order valence-electron chi connectivity index (χ3n) is 4.60. The number of carbonyl (C=O) groups is 2. The molecule has 0 spiro atoms. The third kappa shape index (κ3) is 8.22. The van der Waals surface area contributed by atoms with Gasteiger partial charge in [0.25, 0.3) is 5.91 Å². The molecule has 2 amide bonds. The first kappa shape index (κ1) is 23.7. The van der Waals surface area contributed by atoms with Crippen molar-refractivity contribution in [2.75, 3.05) is 36.9 Å². The van der Waals surface area contributed by atoms with E-state index in [9.17, 15) is 9.59 Å². The molecule has 0 bridgehead atoms. The fourth-order valence-corrected chi connectivity index (χ4v) is 3.00. The quantitative estimate of drug-likeness (QED) is 0.360. The Hall–Kier alpha value is -4.00. The molecule has 0 heterocycles. The molecule has 0 aliphatic heterocycles. The lowest BCUT2D eigenvalue weighted by Gasteiger charge is -2.11. The highest BCUT2D eigenvalue weighted by Gasteiger charge is 2.07. The number of carbonyl (C=O) groups excluding carboxylic acids is 2. The molecule has 7 heteroatoms. The summed E-state index contributed by atoms with van der Waals surface area (Å²) in [5, 5.41) is 8.73. The molecule has 33 heavy (non-hydrogen) atoms. The van der Waals surface area contributed by atoms with Crippen LogP contribution in [0.15, 0.2) is 78.9 Å². The van der Waals surface area contributed by atoms with Crippen LogP contribution in [0.2, 0.25) is 0 Å². The van der Waals surface area contributed by atoms with E-state index in [-0.39, 0.29) is 18.4 Å². The smallest absolute Gasteiger partial charge is 0.251 e. The van der Waals surface area contributed by atoms with Crippen molar-refractivity contribution in [1.29, 1.82) is 0 Å². The number of hydrogen-bond acceptors (Lipinski definition) is 5. The summed E-state index contributed by atoms with van der Waals surface area (Å²) in [5.41, 5.74) is 1.88. The normalized spacial score (nSPS) is 10.2. The molecule has 3 N–H and O–H groups in total. The average molecular weight is 448 g/mol. The van der Waals surface area contributed by atoms with Gasteiger partial charge in [0.15, 0.2) is 0 Å². The lowest BCUT2D eigenvalue weighted by atomic mass is 10.2. The number of benzene rings is 3. The predicted molar refractivity (Wildman–Crippen MR) is 130 cm³/mol. The summed E-state index contributed by atoms with van der Waals surface area (Å²) in [6, 6.07) is 23.8. The molecule has 0 fully saturated rings. The van der Waals surface area contributed by atoms with Gasteiger partial charge in [-0.3, -0.25) is 9.59 Å². The molecule has 0 saturated carbocycles. The summed E-state index contributed by atoms with van der Waals surface area (Å²) in [4.78, 5) is 24.5. The number of nitrogens with one attached hydrogen (secondary N) is 3. The zero-order valence-corrected chi connectivity index (χ0v) is 18.7. The number of ether oxygens (including phenoxy) is 2. The molecule has 7 nitrogen and oxygen atoms in total. The SMILES string of the molecule is CCCNC(=O)c1cccc(NCC(=O)Nc2cccc(OCCOc3ccccc3)c2)c1. The molecule has 0 aliphatic rings. The summed E-state index contributed by atoms with van der Waals surface area (Å²) in [5.74, 6) is 1.10. The van der Waals surface area contributed by atoms with Gasteiger partial charge in [-0.25, -0.2) is 0 Å². The average Bonchev–Trinajstić information content (AvgIpc) is 2.85. The first-order valence-electron chi connectivity index (χ1n) is 11.0. The zero-order chi connectivity index (χ0) is 23.3. The zero-order valence-electron chi connectivity index (χ0n) is 18.7. The maximum Gasteiger partial charge on any atom is 0.251 e. The van der Waals surface area contributed by atoms with Crippen LogP contribution in [0.5, 0.6) is 11.5 Å². The van der Waals surface area contributed by atoms with Crippen LogP contribution in [0.3, 0.4) is 0 Å². The van der Waals surface area contributed by atoms with E-state index in [4.69, 9.17) is 9.47 Å². The number of rotatable bonds is 12. The Balaban J connectivity index is 1.43. The van der Waals surface area contributed by atoms with Crippen molar-refractivity contribution < 1.29 is 19.1 Å². The monoisotopic (exact) mass is 447 g/mol. The lowest BCUT2D eigenvalue weighted by molar-refractivity contribution is -0.114. The van der Waals surface area contributed by atoms with E-state index in [1.54, 1.807) is 30.3 Å². The molecule has 0 radical (unpaired) electrons. The van der Waals surface area contributed by atoms with E-state index in [2.05, 4.69) is 16.0 Å². The Morgan fingerprint density at radius 2 is 1.48 bits per heavy atom. The standard InChI is InChI=1S/C26H29N3O4/c1-2-14-27-26(31)20-8-6-9-21(17-20)28-19-25(30)29-22-10-7-13-24(18-22)33-16-15-32-23-11-4-3-5-12-23/h3-13,17-18,28H,2,14-16,19H2,1H3,(H,27,31)(H,29,30). The van der Waals surface area contributed by atoms with Crippen LogP contribution in [-0.4, -0.2) is 38.1 Å². The molecule has 0 aromatic heterocycles. The van der Waals surface area contributed by atoms with Gasteiger partial charge >= 0.3 is 0 Å². The lowest BCUT2D eigenvalue weighted by Crippen LogP contribution is -2.24. The van der Waals surface area contributed by atoms with E-state index in [1.807, 2.05) is 55.5 Å². The molecule has 3 rings (SSSR count). The highest BCUT2D eigenvalue weighted by molar-refractivity contribution is 5.96. The Morgan fingerprint density at radius 1 is 0.788 bits per heavy atom. The topological polar surface area (TPSA) is 88.7 Å². The molecule has 0 unspecified atom stereocenters. The maximum absolute atomic E-state index is 12.4. The van der Waals surface area contributed by atoms with E-state index >= 15 is 0 Å². The van der Waals surface area contributed by atoms with E-state index < -0.39 is 0 Å². The van der Waals surface area contributed by atoms with Crippen LogP contribution in [0.4, 0.5) is 11.4 Å². The number of para-hydroxylation sites is 1. The number of hydrogen-bond donors (Lipinski definition) is 3. The second kappa shape index (κ2) is 12.8. The van der Waals surface area contributed by atoms with Crippen molar-refractivity contribution >= 4 is 23.2 Å². The molecule has 3 aromatic carbocycles. The van der Waals surface area contributed by atoms with E-state index in [0.717, 1.165) is 12.2 Å². The van der Waals surface area contributed by atoms with Crippen molar-refractivity contribution in [3.63, 3.8) is 0 Å². The van der Waals surface area contributed by atoms with Crippen molar-refractivity contribution in [2.24, 2.45) is 0 Å². The fraction of sp³-hybridized carbons (Fsp3) is 0.231. The van der Waals surface area contributed by atoms with Crippen LogP contribution in [0.25, 0.3) is 0 Å². The summed E-state index contributed by atoms with van der Waals surface area (Å²) in [7, 11) is 0. The van der Waals surface area contributed by atoms with Crippen LogP contribution in [-0.2, 0) is 4.79 Å². The van der Waals surface area contributed by atoms with Gasteiger partial charge < -0.3 is 25.4 Å². The summed E-state index contributed by atoms with van der Waals surface area (Å²) >= 11 is 0. The van der Waals surface area contributed by atoms with Gasteiger partial charge in [0.05, 0.1) is 6.54 Å². The minimum absolute atomic E-state index is 0.0655. The summed E-state index contributed by atoms with van der Waals surface area (Å²) < 4.78 is 11.3. The van der Waals surface area contributed by atoms with Gasteiger partial charge in [-0.1, -0.05) is 37.3 Å². The highest BCUT2D eigenvalue weighted by atomic mass is 16.5. The summed E-state index contributed by atoms with van der Waals surface area (Å²) in [6.07, 6.45) is 0.873. The molecule has 0 atom stereocenters. The van der Waals surface area contributed by atoms with Crippen molar-refractivity contribution in [2.45, 2.75) is 13.3 Å². The molecule has 3 aromatic rings. The summed E-state index contributed by atoms with van der Waals surface area (Å²) in [6.45, 7) is 3.49. The van der Waals surface area contributed by atoms with Crippen molar-refractivity contribution in [1.82, 2.24) is 5.32 Å². The van der Waals surface area contributed by atoms with Crippen molar-refractivity contribution in [3.8, 4) is 11.5 Å². The van der Waals surface area contributed by atoms with Crippen molar-refractivity contribution in [3.05, 3.63) is 84.4 Å². The Morgan fingerprint density at radius 3 is 2.27 bits per heavy atom. The van der Waals surface area contributed by atoms with Gasteiger partial charge in [-0.15, -0.1) is 0 Å². The third-order valence-corrected chi connectivity index (χ3v) is 4.60. The minimum Gasteiger partial charge on any atom is -0.490 e. The van der Waals surface area contributed by atoms with Crippen LogP contribution in [0, 0.1) is 0 Å². The maximum atomic E-state index is 12.4. The van der Waals surface area contributed by atoms with E-state index in [0.29, 0.717) is 42.4 Å². The second-order valence-electron chi connectivity index (χ2n) is 7.28. The minimum atomic E-state index is -0.208. The Kier molecular flexibility index (Phi) is 9.15. The molecule has 0 aliphatic carbocycles. The first-order chi connectivity index (χ1) is 16.1. The highest BCUT2D eigenvalue weighted by Crippen LogP contribution is 2.18. The first-order valence-corrected chi connectivity index (χ1v) is 11.0. The van der Waals surface area contributed by atoms with Crippen LogP contribution >= 0.6 is 0 Å². The number of anilines is 2. The number of amides is 2. The van der Waals surface area contributed by atoms with Crippen LogP contribution in [0.1, 0.15) is 23.7 Å². The molecule has 172 valence electrons. The van der Waals surface area contributed by atoms with Crippen LogP contribution < -0.4 is 25.4 Å². The fourth-order valence-electron chi connectivity index (χ4n) is 3.00. The van der Waals surface area contributed by atoms with Gasteiger partial charge in [-0.2, -0.15) is 0 Å².